The summed E-state index contributed by atoms with van der Waals surface area (Å²) in [6.45, 7) is 0.575. The number of carboxylic acid groups (broad SMARTS) is 1. The van der Waals surface area contributed by atoms with E-state index < -0.39 is 5.97 Å². The fourth-order valence-electron chi connectivity index (χ4n) is 2.29. The molecular weight excluding hydrogens is 286 g/mol. The summed E-state index contributed by atoms with van der Waals surface area (Å²) in [5, 5.41) is 19.0. The Bertz CT molecular complexity index is 685. The van der Waals surface area contributed by atoms with Crippen molar-refractivity contribution in [3.63, 3.8) is 0 Å². The Morgan fingerprint density at radius 1 is 1.41 bits per heavy atom. The van der Waals surface area contributed by atoms with Crippen LogP contribution in [0.25, 0.3) is 0 Å². The maximum atomic E-state index is 11.2. The first-order chi connectivity index (χ1) is 10.6. The van der Waals surface area contributed by atoms with Crippen LogP contribution in [0.1, 0.15) is 29.2 Å². The molecule has 0 aliphatic carbocycles. The van der Waals surface area contributed by atoms with E-state index in [0.717, 1.165) is 12.1 Å². The molecule has 0 bridgehead atoms. The minimum atomic E-state index is -1.01. The standard InChI is InChI=1S/C14H15N5O3/c20-13-4-2-11(7-16-13)19-8-10(6-17-19)18-12-3-1-9(5-15-12)14(21)22/h1,3,5-6,8,11H,2,4,7H2,(H,15,18)(H,16,20)(H,21,22). The van der Waals surface area contributed by atoms with Gasteiger partial charge in [-0.05, 0) is 18.6 Å². The first-order valence-corrected chi connectivity index (χ1v) is 6.89. The molecule has 1 unspecified atom stereocenters. The van der Waals surface area contributed by atoms with Crippen molar-refractivity contribution >= 4 is 23.4 Å². The fraction of sp³-hybridized carbons (Fsp3) is 0.286. The summed E-state index contributed by atoms with van der Waals surface area (Å²) < 4.78 is 1.81. The molecule has 1 atom stereocenters. The molecule has 2 aromatic heterocycles. The Morgan fingerprint density at radius 2 is 2.27 bits per heavy atom. The van der Waals surface area contributed by atoms with Crippen molar-refractivity contribution in [2.24, 2.45) is 0 Å². The maximum Gasteiger partial charge on any atom is 0.337 e. The molecular formula is C14H15N5O3. The van der Waals surface area contributed by atoms with E-state index in [2.05, 4.69) is 20.7 Å². The van der Waals surface area contributed by atoms with Crippen molar-refractivity contribution < 1.29 is 14.7 Å². The molecule has 2 aromatic rings. The lowest BCUT2D eigenvalue weighted by Gasteiger charge is -2.22. The summed E-state index contributed by atoms with van der Waals surface area (Å²) >= 11 is 0. The van der Waals surface area contributed by atoms with E-state index in [1.807, 2.05) is 10.9 Å². The number of aromatic nitrogens is 3. The van der Waals surface area contributed by atoms with Crippen LogP contribution in [0.2, 0.25) is 0 Å². The molecule has 114 valence electrons. The highest BCUT2D eigenvalue weighted by molar-refractivity contribution is 5.87. The third-order valence-electron chi connectivity index (χ3n) is 3.50. The highest BCUT2D eigenvalue weighted by Gasteiger charge is 2.20. The molecule has 0 saturated carbocycles. The molecule has 0 aromatic carbocycles. The number of pyridine rings is 1. The van der Waals surface area contributed by atoms with Crippen molar-refractivity contribution in [2.75, 3.05) is 11.9 Å². The van der Waals surface area contributed by atoms with Crippen LogP contribution >= 0.6 is 0 Å². The number of carboxylic acids is 1. The summed E-state index contributed by atoms with van der Waals surface area (Å²) in [5.74, 6) is -0.391. The predicted octanol–water partition coefficient (Wildman–Crippen LogP) is 1.17. The molecule has 3 rings (SSSR count). The number of aromatic carboxylic acids is 1. The first-order valence-electron chi connectivity index (χ1n) is 6.89. The van der Waals surface area contributed by atoms with Gasteiger partial charge in [-0.2, -0.15) is 5.10 Å². The van der Waals surface area contributed by atoms with Crippen molar-refractivity contribution in [1.29, 1.82) is 0 Å². The van der Waals surface area contributed by atoms with Crippen LogP contribution in [0.4, 0.5) is 11.5 Å². The zero-order chi connectivity index (χ0) is 15.5. The lowest BCUT2D eigenvalue weighted by Crippen LogP contribution is -2.36. The zero-order valence-electron chi connectivity index (χ0n) is 11.7. The van der Waals surface area contributed by atoms with Crippen LogP contribution in [0.5, 0.6) is 0 Å². The number of carbonyl (C=O) groups is 2. The van der Waals surface area contributed by atoms with Gasteiger partial charge in [-0.15, -0.1) is 0 Å². The molecule has 1 fully saturated rings. The van der Waals surface area contributed by atoms with Crippen LogP contribution in [0.15, 0.2) is 30.7 Å². The van der Waals surface area contributed by atoms with E-state index in [-0.39, 0.29) is 17.5 Å². The van der Waals surface area contributed by atoms with Gasteiger partial charge in [0.2, 0.25) is 5.91 Å². The number of nitrogens with zero attached hydrogens (tertiary/aromatic N) is 3. The molecule has 1 amide bonds. The van der Waals surface area contributed by atoms with Crippen LogP contribution in [-0.4, -0.2) is 38.3 Å². The van der Waals surface area contributed by atoms with E-state index in [1.165, 1.54) is 12.3 Å². The normalized spacial score (nSPS) is 17.8. The molecule has 3 N–H and O–H groups in total. The number of rotatable bonds is 4. The average molecular weight is 301 g/mol. The van der Waals surface area contributed by atoms with Crippen molar-refractivity contribution in [1.82, 2.24) is 20.1 Å². The monoisotopic (exact) mass is 301 g/mol. The number of hydrogen-bond donors (Lipinski definition) is 3. The van der Waals surface area contributed by atoms with Crippen LogP contribution in [0, 0.1) is 0 Å². The second-order valence-corrected chi connectivity index (χ2v) is 5.07. The van der Waals surface area contributed by atoms with Gasteiger partial charge in [0, 0.05) is 25.4 Å². The van der Waals surface area contributed by atoms with Crippen LogP contribution < -0.4 is 10.6 Å². The third-order valence-corrected chi connectivity index (χ3v) is 3.50. The molecule has 0 spiro atoms. The first kappa shape index (κ1) is 14.1. The number of piperidine rings is 1. The molecule has 1 aliphatic rings. The second kappa shape index (κ2) is 5.84. The van der Waals surface area contributed by atoms with Gasteiger partial charge in [-0.1, -0.05) is 0 Å². The Balaban J connectivity index is 1.66. The third kappa shape index (κ3) is 3.05. The summed E-state index contributed by atoms with van der Waals surface area (Å²) in [6.07, 6.45) is 6.08. The lowest BCUT2D eigenvalue weighted by molar-refractivity contribution is -0.122. The summed E-state index contributed by atoms with van der Waals surface area (Å²) in [5.41, 5.74) is 0.895. The average Bonchev–Trinajstić information content (AvgIpc) is 2.97. The highest BCUT2D eigenvalue weighted by atomic mass is 16.4. The van der Waals surface area contributed by atoms with E-state index in [0.29, 0.717) is 18.8 Å². The van der Waals surface area contributed by atoms with Gasteiger partial charge >= 0.3 is 5.97 Å². The van der Waals surface area contributed by atoms with Gasteiger partial charge in [-0.3, -0.25) is 9.48 Å². The van der Waals surface area contributed by atoms with Crippen molar-refractivity contribution in [3.05, 3.63) is 36.3 Å². The van der Waals surface area contributed by atoms with E-state index in [4.69, 9.17) is 5.11 Å². The van der Waals surface area contributed by atoms with Crippen LogP contribution in [-0.2, 0) is 4.79 Å². The van der Waals surface area contributed by atoms with E-state index in [9.17, 15) is 9.59 Å². The smallest absolute Gasteiger partial charge is 0.337 e. The molecule has 22 heavy (non-hydrogen) atoms. The maximum absolute atomic E-state index is 11.2. The summed E-state index contributed by atoms with van der Waals surface area (Å²) in [4.78, 5) is 26.0. The molecule has 3 heterocycles. The zero-order valence-corrected chi connectivity index (χ0v) is 11.7. The number of anilines is 2. The van der Waals surface area contributed by atoms with E-state index >= 15 is 0 Å². The van der Waals surface area contributed by atoms with Gasteiger partial charge in [0.05, 0.1) is 23.5 Å². The van der Waals surface area contributed by atoms with E-state index in [1.54, 1.807) is 12.3 Å². The SMILES string of the molecule is O=C1CCC(n2cc(Nc3ccc(C(=O)O)cn3)cn2)CN1. The van der Waals surface area contributed by atoms with Gasteiger partial charge in [0.15, 0.2) is 0 Å². The Morgan fingerprint density at radius 3 is 2.91 bits per heavy atom. The summed E-state index contributed by atoms with van der Waals surface area (Å²) in [6, 6.07) is 3.23. The number of hydrogen-bond acceptors (Lipinski definition) is 5. The molecule has 1 aliphatic heterocycles. The fourth-order valence-corrected chi connectivity index (χ4v) is 2.29. The van der Waals surface area contributed by atoms with Gasteiger partial charge < -0.3 is 15.7 Å². The van der Waals surface area contributed by atoms with Gasteiger partial charge in [0.1, 0.15) is 5.82 Å². The van der Waals surface area contributed by atoms with Gasteiger partial charge in [0.25, 0.3) is 0 Å². The van der Waals surface area contributed by atoms with Crippen molar-refractivity contribution in [2.45, 2.75) is 18.9 Å². The Kier molecular flexibility index (Phi) is 3.73. The Labute approximate surface area is 126 Å². The number of carbonyl (C=O) groups excluding carboxylic acids is 1. The predicted molar refractivity (Wildman–Crippen MR) is 78.0 cm³/mol. The quantitative estimate of drug-likeness (QED) is 0.782. The minimum absolute atomic E-state index is 0.0736. The summed E-state index contributed by atoms with van der Waals surface area (Å²) in [7, 11) is 0. The minimum Gasteiger partial charge on any atom is -0.478 e. The van der Waals surface area contributed by atoms with Gasteiger partial charge in [-0.25, -0.2) is 9.78 Å². The molecule has 1 saturated heterocycles. The molecule has 8 nitrogen and oxygen atoms in total. The Hall–Kier alpha value is -2.90. The topological polar surface area (TPSA) is 109 Å². The second-order valence-electron chi connectivity index (χ2n) is 5.07. The number of amides is 1. The molecule has 0 radical (unpaired) electrons. The number of nitrogens with one attached hydrogen (secondary N) is 2. The lowest BCUT2D eigenvalue weighted by atomic mass is 10.1. The molecule has 8 heteroatoms. The highest BCUT2D eigenvalue weighted by Crippen LogP contribution is 2.20. The van der Waals surface area contributed by atoms with Crippen LogP contribution in [0.3, 0.4) is 0 Å². The largest absolute Gasteiger partial charge is 0.478 e. The van der Waals surface area contributed by atoms with Crippen molar-refractivity contribution in [3.8, 4) is 0 Å².